The highest BCUT2D eigenvalue weighted by Crippen LogP contribution is 2.27. The third-order valence-electron chi connectivity index (χ3n) is 5.66. The van der Waals surface area contributed by atoms with Crippen LogP contribution in [0.2, 0.25) is 0 Å². The lowest BCUT2D eigenvalue weighted by molar-refractivity contribution is 0.0229. The van der Waals surface area contributed by atoms with Crippen LogP contribution in [-0.2, 0) is 4.74 Å². The van der Waals surface area contributed by atoms with Crippen molar-refractivity contribution in [1.82, 2.24) is 20.0 Å². The first-order chi connectivity index (χ1) is 15.1. The van der Waals surface area contributed by atoms with Crippen LogP contribution in [0, 0.1) is 5.82 Å². The normalized spacial score (nSPS) is 18.5. The fourth-order valence-electron chi connectivity index (χ4n) is 4.03. The van der Waals surface area contributed by atoms with Crippen LogP contribution in [0.5, 0.6) is 5.75 Å². The molecule has 0 amide bonds. The predicted molar refractivity (Wildman–Crippen MR) is 114 cm³/mol. The summed E-state index contributed by atoms with van der Waals surface area (Å²) in [4.78, 5) is 15.2. The molecule has 1 aliphatic rings. The number of H-pyrrole nitrogens is 1. The summed E-state index contributed by atoms with van der Waals surface area (Å²) < 4.78 is 26.7. The summed E-state index contributed by atoms with van der Waals surface area (Å²) in [5.74, 6) is 0.400. The Hall–Kier alpha value is -3.52. The molecule has 2 heterocycles. The molecule has 2 aromatic heterocycles. The quantitative estimate of drug-likeness (QED) is 0.530. The number of pyridine rings is 1. The van der Waals surface area contributed by atoms with Crippen molar-refractivity contribution >= 4 is 10.9 Å². The molecular weight excluding hydrogens is 399 g/mol. The van der Waals surface area contributed by atoms with E-state index < -0.39 is 0 Å². The zero-order valence-corrected chi connectivity index (χ0v) is 16.9. The Balaban J connectivity index is 1.39. The van der Waals surface area contributed by atoms with Gasteiger partial charge in [0.2, 0.25) is 0 Å². The highest BCUT2D eigenvalue weighted by Gasteiger charge is 2.28. The van der Waals surface area contributed by atoms with Crippen molar-refractivity contribution in [1.29, 1.82) is 0 Å². The maximum absolute atomic E-state index is 13.6. The van der Waals surface area contributed by atoms with E-state index >= 15 is 0 Å². The number of halogens is 1. The van der Waals surface area contributed by atoms with E-state index in [2.05, 4.69) is 15.3 Å². The minimum Gasteiger partial charge on any atom is -0.488 e. The number of methoxy groups -OCH3 is 1. The highest BCUT2D eigenvalue weighted by atomic mass is 19.1. The van der Waals surface area contributed by atoms with Crippen molar-refractivity contribution in [2.75, 3.05) is 7.11 Å². The van der Waals surface area contributed by atoms with E-state index in [1.807, 2.05) is 24.3 Å². The average molecular weight is 420 g/mol. The fraction of sp³-hybridized carbons (Fsp3) is 0.261. The van der Waals surface area contributed by atoms with Crippen molar-refractivity contribution in [3.63, 3.8) is 0 Å². The Morgan fingerprint density at radius 1 is 1.10 bits per heavy atom. The van der Waals surface area contributed by atoms with E-state index in [1.54, 1.807) is 24.1 Å². The number of hydrogen-bond donors (Lipinski definition) is 1. The first-order valence-corrected chi connectivity index (χ1v) is 10.2. The third kappa shape index (κ3) is 3.82. The number of ether oxygens (including phenoxy) is 2. The molecule has 8 heteroatoms. The molecule has 0 aliphatic heterocycles. The van der Waals surface area contributed by atoms with Crippen molar-refractivity contribution in [2.45, 2.75) is 31.5 Å². The van der Waals surface area contributed by atoms with Gasteiger partial charge in [0.1, 0.15) is 23.4 Å². The zero-order chi connectivity index (χ0) is 21.4. The van der Waals surface area contributed by atoms with E-state index in [-0.39, 0.29) is 23.6 Å². The molecule has 0 radical (unpaired) electrons. The number of hydrogen-bond acceptors (Lipinski definition) is 5. The van der Waals surface area contributed by atoms with Gasteiger partial charge in [-0.2, -0.15) is 0 Å². The highest BCUT2D eigenvalue weighted by molar-refractivity contribution is 5.82. The minimum atomic E-state index is -0.370. The third-order valence-corrected chi connectivity index (χ3v) is 5.66. The molecular formula is C23H21FN4O3. The fourth-order valence-corrected chi connectivity index (χ4v) is 4.03. The molecule has 2 aromatic carbocycles. The lowest BCUT2D eigenvalue weighted by atomic mass is 10.1. The molecule has 0 spiro atoms. The van der Waals surface area contributed by atoms with E-state index in [4.69, 9.17) is 9.47 Å². The molecule has 2 atom stereocenters. The lowest BCUT2D eigenvalue weighted by Gasteiger charge is -2.20. The summed E-state index contributed by atoms with van der Waals surface area (Å²) in [7, 11) is 1.72. The molecule has 4 aromatic rings. The molecule has 1 aliphatic carbocycles. The predicted octanol–water partition coefficient (Wildman–Crippen LogP) is 3.86. The van der Waals surface area contributed by atoms with Gasteiger partial charge in [-0.1, -0.05) is 5.21 Å². The molecule has 158 valence electrons. The molecule has 2 unspecified atom stereocenters. The molecule has 7 nitrogen and oxygen atoms in total. The molecule has 0 bridgehead atoms. The van der Waals surface area contributed by atoms with Gasteiger partial charge in [-0.15, -0.1) is 5.10 Å². The van der Waals surface area contributed by atoms with Gasteiger partial charge in [0, 0.05) is 18.0 Å². The second-order valence-corrected chi connectivity index (χ2v) is 7.65. The van der Waals surface area contributed by atoms with E-state index in [1.165, 1.54) is 18.2 Å². The number of aromatic nitrogens is 4. The van der Waals surface area contributed by atoms with Gasteiger partial charge >= 0.3 is 0 Å². The van der Waals surface area contributed by atoms with Gasteiger partial charge in [-0.05, 0) is 67.8 Å². The number of nitrogens with one attached hydrogen (secondary N) is 1. The van der Waals surface area contributed by atoms with Crippen LogP contribution in [0.15, 0.2) is 59.5 Å². The topological polar surface area (TPSA) is 82.0 Å². The number of aromatic amines is 1. The van der Waals surface area contributed by atoms with Crippen LogP contribution in [0.3, 0.4) is 0 Å². The second-order valence-electron chi connectivity index (χ2n) is 7.65. The Kier molecular flexibility index (Phi) is 4.99. The summed E-state index contributed by atoms with van der Waals surface area (Å²) >= 11 is 0. The van der Waals surface area contributed by atoms with Crippen molar-refractivity contribution < 1.29 is 13.9 Å². The summed E-state index contributed by atoms with van der Waals surface area (Å²) in [5, 5.41) is 8.86. The van der Waals surface area contributed by atoms with Crippen molar-refractivity contribution in [3.05, 3.63) is 70.9 Å². The van der Waals surface area contributed by atoms with Crippen LogP contribution in [-0.4, -0.2) is 39.3 Å². The van der Waals surface area contributed by atoms with Gasteiger partial charge in [-0.25, -0.2) is 9.07 Å². The second kappa shape index (κ2) is 7.96. The van der Waals surface area contributed by atoms with Crippen LogP contribution in [0.1, 0.15) is 19.3 Å². The van der Waals surface area contributed by atoms with Crippen LogP contribution in [0.25, 0.3) is 27.8 Å². The smallest absolute Gasteiger partial charge is 0.258 e. The summed E-state index contributed by atoms with van der Waals surface area (Å²) in [5.41, 5.74) is 1.78. The number of rotatable bonds is 5. The molecule has 1 N–H and O–H groups in total. The van der Waals surface area contributed by atoms with Gasteiger partial charge in [-0.3, -0.25) is 4.79 Å². The van der Waals surface area contributed by atoms with Crippen LogP contribution < -0.4 is 10.3 Å². The zero-order valence-electron chi connectivity index (χ0n) is 16.9. The minimum absolute atomic E-state index is 0.0679. The Bertz CT molecular complexity index is 1280. The summed E-state index contributed by atoms with van der Waals surface area (Å²) in [6.07, 6.45) is 4.97. The average Bonchev–Trinajstić information content (AvgIpc) is 3.44. The van der Waals surface area contributed by atoms with Crippen molar-refractivity contribution in [2.24, 2.45) is 0 Å². The monoisotopic (exact) mass is 420 g/mol. The molecule has 31 heavy (non-hydrogen) atoms. The Labute approximate surface area is 177 Å². The summed E-state index contributed by atoms with van der Waals surface area (Å²) in [6, 6.07) is 13.4. The maximum Gasteiger partial charge on any atom is 0.258 e. The molecule has 0 saturated heterocycles. The van der Waals surface area contributed by atoms with E-state index in [9.17, 15) is 9.18 Å². The van der Waals surface area contributed by atoms with Gasteiger partial charge in [0.25, 0.3) is 5.56 Å². The number of nitrogens with zero attached hydrogens (tertiary/aromatic N) is 3. The lowest BCUT2D eigenvalue weighted by Crippen LogP contribution is -2.27. The molecule has 1 saturated carbocycles. The molecule has 1 fully saturated rings. The Morgan fingerprint density at radius 2 is 1.90 bits per heavy atom. The summed E-state index contributed by atoms with van der Waals surface area (Å²) in [6.45, 7) is 0. The SMILES string of the molecule is COC1CCCC1Oc1ccc(-n2cc(-c3cc4cc(F)ccc4[nH]c3=O)nn2)cc1. The van der Waals surface area contributed by atoms with Crippen LogP contribution >= 0.6 is 0 Å². The number of fused-ring (bicyclic) bond motifs is 1. The maximum atomic E-state index is 13.6. The van der Waals surface area contributed by atoms with E-state index in [0.717, 1.165) is 30.7 Å². The van der Waals surface area contributed by atoms with Crippen molar-refractivity contribution in [3.8, 4) is 22.7 Å². The van der Waals surface area contributed by atoms with Gasteiger partial charge < -0.3 is 14.5 Å². The number of benzene rings is 2. The van der Waals surface area contributed by atoms with E-state index in [0.29, 0.717) is 22.2 Å². The first kappa shape index (κ1) is 19.4. The first-order valence-electron chi connectivity index (χ1n) is 10.2. The molecule has 5 rings (SSSR count). The standard InChI is InChI=1S/C23H21FN4O3/c1-30-21-3-2-4-22(21)31-17-8-6-16(7-9-17)28-13-20(26-27-28)18-12-14-11-15(24)5-10-19(14)25-23(18)29/h5-13,21-22H,2-4H2,1H3,(H,25,29). The van der Waals surface area contributed by atoms with Gasteiger partial charge in [0.05, 0.1) is 23.6 Å². The largest absolute Gasteiger partial charge is 0.488 e. The van der Waals surface area contributed by atoms with Crippen LogP contribution in [0.4, 0.5) is 4.39 Å². The Morgan fingerprint density at radius 3 is 2.71 bits per heavy atom. The van der Waals surface area contributed by atoms with Gasteiger partial charge in [0.15, 0.2) is 0 Å².